The maximum Gasteiger partial charge on any atom is 0.0460 e. The number of rotatable bonds is 3. The molecule has 0 saturated carbocycles. The number of benzene rings is 2. The van der Waals surface area contributed by atoms with E-state index < -0.39 is 0 Å². The zero-order valence-corrected chi connectivity index (χ0v) is 11.3. The zero-order valence-electron chi connectivity index (χ0n) is 11.3. The Kier molecular flexibility index (Phi) is 3.81. The van der Waals surface area contributed by atoms with Crippen LogP contribution in [0.4, 0.5) is 0 Å². The first-order chi connectivity index (χ1) is 9.35. The molecule has 2 aromatic rings. The van der Waals surface area contributed by atoms with Crippen LogP contribution in [-0.2, 0) is 6.54 Å². The standard InChI is InChI=1S/C17H21NO/c19-13-14-7-9-18(10-8-14)12-15-5-6-16-3-1-2-4-17(16)11-15/h1-6,11,14,19H,7-10,12-13H2. The van der Waals surface area contributed by atoms with Gasteiger partial charge in [-0.2, -0.15) is 0 Å². The Bertz CT molecular complexity index is 544. The van der Waals surface area contributed by atoms with Gasteiger partial charge in [0.15, 0.2) is 0 Å². The molecule has 0 radical (unpaired) electrons. The number of hydrogen-bond acceptors (Lipinski definition) is 2. The van der Waals surface area contributed by atoms with Crippen LogP contribution in [-0.4, -0.2) is 29.7 Å². The number of likely N-dealkylation sites (tertiary alicyclic amines) is 1. The van der Waals surface area contributed by atoms with Crippen LogP contribution in [0.15, 0.2) is 42.5 Å². The van der Waals surface area contributed by atoms with Crippen molar-refractivity contribution in [2.45, 2.75) is 19.4 Å². The van der Waals surface area contributed by atoms with Gasteiger partial charge < -0.3 is 5.11 Å². The number of aliphatic hydroxyl groups is 1. The molecule has 2 aromatic carbocycles. The summed E-state index contributed by atoms with van der Waals surface area (Å²) < 4.78 is 0. The third kappa shape index (κ3) is 2.96. The second kappa shape index (κ2) is 5.72. The lowest BCUT2D eigenvalue weighted by Gasteiger charge is -2.31. The molecule has 0 atom stereocenters. The van der Waals surface area contributed by atoms with Crippen molar-refractivity contribution in [1.29, 1.82) is 0 Å². The first kappa shape index (κ1) is 12.6. The fraction of sp³-hybridized carbons (Fsp3) is 0.412. The van der Waals surface area contributed by atoms with Gasteiger partial charge in [-0.25, -0.2) is 0 Å². The van der Waals surface area contributed by atoms with Crippen molar-refractivity contribution < 1.29 is 5.11 Å². The molecule has 0 unspecified atom stereocenters. The predicted molar refractivity (Wildman–Crippen MR) is 79.0 cm³/mol. The van der Waals surface area contributed by atoms with E-state index >= 15 is 0 Å². The van der Waals surface area contributed by atoms with E-state index in [2.05, 4.69) is 47.4 Å². The quantitative estimate of drug-likeness (QED) is 0.911. The number of aliphatic hydroxyl groups excluding tert-OH is 1. The molecule has 0 amide bonds. The first-order valence-corrected chi connectivity index (χ1v) is 7.16. The number of nitrogens with zero attached hydrogens (tertiary/aromatic N) is 1. The molecular formula is C17H21NO. The summed E-state index contributed by atoms with van der Waals surface area (Å²) in [6, 6.07) is 15.3. The van der Waals surface area contributed by atoms with E-state index in [4.69, 9.17) is 5.11 Å². The van der Waals surface area contributed by atoms with E-state index in [1.54, 1.807) is 0 Å². The average molecular weight is 255 g/mol. The summed E-state index contributed by atoms with van der Waals surface area (Å²) >= 11 is 0. The molecule has 1 saturated heterocycles. The van der Waals surface area contributed by atoms with Crippen LogP contribution in [0.25, 0.3) is 10.8 Å². The van der Waals surface area contributed by atoms with E-state index in [-0.39, 0.29) is 0 Å². The molecule has 1 heterocycles. The summed E-state index contributed by atoms with van der Waals surface area (Å²) in [5.74, 6) is 0.521. The van der Waals surface area contributed by atoms with Gasteiger partial charge >= 0.3 is 0 Å². The molecule has 1 N–H and O–H groups in total. The van der Waals surface area contributed by atoms with Crippen LogP contribution in [0.3, 0.4) is 0 Å². The Morgan fingerprint density at radius 2 is 1.74 bits per heavy atom. The predicted octanol–water partition coefficient (Wildman–Crippen LogP) is 3.04. The topological polar surface area (TPSA) is 23.5 Å². The van der Waals surface area contributed by atoms with Crippen molar-refractivity contribution in [3.8, 4) is 0 Å². The smallest absolute Gasteiger partial charge is 0.0460 e. The molecule has 1 aliphatic rings. The Labute approximate surface area is 114 Å². The largest absolute Gasteiger partial charge is 0.396 e. The van der Waals surface area contributed by atoms with Crippen molar-refractivity contribution in [3.63, 3.8) is 0 Å². The van der Waals surface area contributed by atoms with Gasteiger partial charge in [-0.3, -0.25) is 4.90 Å². The molecule has 3 rings (SSSR count). The molecule has 0 spiro atoms. The molecule has 1 aliphatic heterocycles. The monoisotopic (exact) mass is 255 g/mol. The molecule has 2 heteroatoms. The number of fused-ring (bicyclic) bond motifs is 1. The molecule has 2 nitrogen and oxygen atoms in total. The minimum atomic E-state index is 0.351. The van der Waals surface area contributed by atoms with Crippen molar-refractivity contribution in [2.75, 3.05) is 19.7 Å². The second-order valence-corrected chi connectivity index (χ2v) is 5.58. The van der Waals surface area contributed by atoms with Crippen molar-refractivity contribution in [1.82, 2.24) is 4.90 Å². The summed E-state index contributed by atoms with van der Waals surface area (Å²) in [6.45, 7) is 3.60. The van der Waals surface area contributed by atoms with Gasteiger partial charge in [-0.05, 0) is 54.3 Å². The molecule has 0 aliphatic carbocycles. The van der Waals surface area contributed by atoms with E-state index in [0.29, 0.717) is 12.5 Å². The Morgan fingerprint density at radius 1 is 1.00 bits per heavy atom. The van der Waals surface area contributed by atoms with Crippen LogP contribution in [0.5, 0.6) is 0 Å². The summed E-state index contributed by atoms with van der Waals surface area (Å²) in [4.78, 5) is 2.50. The van der Waals surface area contributed by atoms with Crippen molar-refractivity contribution in [2.24, 2.45) is 5.92 Å². The van der Waals surface area contributed by atoms with Crippen molar-refractivity contribution in [3.05, 3.63) is 48.0 Å². The number of piperidine rings is 1. The van der Waals surface area contributed by atoms with Crippen molar-refractivity contribution >= 4 is 10.8 Å². The van der Waals surface area contributed by atoms with E-state index in [1.807, 2.05) is 0 Å². The second-order valence-electron chi connectivity index (χ2n) is 5.58. The highest BCUT2D eigenvalue weighted by Crippen LogP contribution is 2.20. The highest BCUT2D eigenvalue weighted by molar-refractivity contribution is 5.82. The lowest BCUT2D eigenvalue weighted by Crippen LogP contribution is -2.34. The Balaban J connectivity index is 1.68. The van der Waals surface area contributed by atoms with Gasteiger partial charge in [-0.15, -0.1) is 0 Å². The molecule has 19 heavy (non-hydrogen) atoms. The van der Waals surface area contributed by atoms with E-state index in [9.17, 15) is 0 Å². The lowest BCUT2D eigenvalue weighted by molar-refractivity contribution is 0.127. The molecule has 0 aromatic heterocycles. The van der Waals surface area contributed by atoms with Gasteiger partial charge in [-0.1, -0.05) is 36.4 Å². The van der Waals surface area contributed by atoms with Gasteiger partial charge in [0.2, 0.25) is 0 Å². The maximum atomic E-state index is 9.17. The fourth-order valence-electron chi connectivity index (χ4n) is 2.92. The van der Waals surface area contributed by atoms with Crippen LogP contribution >= 0.6 is 0 Å². The fourth-order valence-corrected chi connectivity index (χ4v) is 2.92. The zero-order chi connectivity index (χ0) is 13.1. The Hall–Kier alpha value is -1.38. The summed E-state index contributed by atoms with van der Waals surface area (Å²) in [5, 5.41) is 11.8. The van der Waals surface area contributed by atoms with Crippen LogP contribution in [0, 0.1) is 5.92 Å². The summed E-state index contributed by atoms with van der Waals surface area (Å²) in [5.41, 5.74) is 1.39. The van der Waals surface area contributed by atoms with Crippen LogP contribution in [0.1, 0.15) is 18.4 Å². The van der Waals surface area contributed by atoms with Gasteiger partial charge in [0.1, 0.15) is 0 Å². The van der Waals surface area contributed by atoms with Gasteiger partial charge in [0.05, 0.1) is 0 Å². The normalized spacial score (nSPS) is 17.9. The van der Waals surface area contributed by atoms with Gasteiger partial charge in [0, 0.05) is 13.2 Å². The van der Waals surface area contributed by atoms with E-state index in [1.165, 1.54) is 16.3 Å². The minimum Gasteiger partial charge on any atom is -0.396 e. The minimum absolute atomic E-state index is 0.351. The van der Waals surface area contributed by atoms with Crippen LogP contribution in [0.2, 0.25) is 0 Å². The Morgan fingerprint density at radius 3 is 2.47 bits per heavy atom. The molecular weight excluding hydrogens is 234 g/mol. The number of hydrogen-bond donors (Lipinski definition) is 1. The summed E-state index contributed by atoms with van der Waals surface area (Å²) in [6.07, 6.45) is 2.26. The third-order valence-electron chi connectivity index (χ3n) is 4.19. The maximum absolute atomic E-state index is 9.17. The molecule has 0 bridgehead atoms. The molecule has 100 valence electrons. The first-order valence-electron chi connectivity index (χ1n) is 7.16. The SMILES string of the molecule is OCC1CCN(Cc2ccc3ccccc3c2)CC1. The van der Waals surface area contributed by atoms with Crippen LogP contribution < -0.4 is 0 Å². The highest BCUT2D eigenvalue weighted by atomic mass is 16.3. The third-order valence-corrected chi connectivity index (χ3v) is 4.19. The summed E-state index contributed by atoms with van der Waals surface area (Å²) in [7, 11) is 0. The average Bonchev–Trinajstić information content (AvgIpc) is 2.48. The highest BCUT2D eigenvalue weighted by Gasteiger charge is 2.18. The lowest BCUT2D eigenvalue weighted by atomic mass is 9.97. The van der Waals surface area contributed by atoms with E-state index in [0.717, 1.165) is 32.5 Å². The van der Waals surface area contributed by atoms with Gasteiger partial charge in [0.25, 0.3) is 0 Å². The molecule has 1 fully saturated rings.